The molecule has 0 saturated heterocycles. The Labute approximate surface area is 308 Å². The second kappa shape index (κ2) is 35.8. The average Bonchev–Trinajstić information content (AvgIpc) is 3.12. The van der Waals surface area contributed by atoms with Crippen LogP contribution in [0, 0.1) is 0 Å². The zero-order valence-electron chi connectivity index (χ0n) is 31.3. The van der Waals surface area contributed by atoms with Crippen LogP contribution >= 0.6 is 7.82 Å². The first-order chi connectivity index (χ1) is 24.7. The number of aliphatic hydroxyl groups is 2. The zero-order valence-corrected chi connectivity index (χ0v) is 32.2. The van der Waals surface area contributed by atoms with Crippen LogP contribution in [0.4, 0.5) is 0 Å². The van der Waals surface area contributed by atoms with Crippen molar-refractivity contribution < 1.29 is 47.8 Å². The predicted molar refractivity (Wildman–Crippen MR) is 205 cm³/mol. The van der Waals surface area contributed by atoms with Crippen LogP contribution in [-0.2, 0) is 32.7 Å². The van der Waals surface area contributed by atoms with E-state index in [0.717, 1.165) is 57.8 Å². The number of hydrogen-bond acceptors (Lipinski definition) is 9. The van der Waals surface area contributed by atoms with Crippen molar-refractivity contribution in [1.29, 1.82) is 0 Å². The van der Waals surface area contributed by atoms with Crippen molar-refractivity contribution in [2.75, 3.05) is 26.4 Å². The highest BCUT2D eigenvalue weighted by Crippen LogP contribution is 2.43. The van der Waals surface area contributed by atoms with Crippen molar-refractivity contribution in [3.8, 4) is 0 Å². The lowest BCUT2D eigenvalue weighted by molar-refractivity contribution is -0.161. The van der Waals surface area contributed by atoms with Crippen molar-refractivity contribution in [3.05, 3.63) is 72.9 Å². The Hall–Kier alpha value is -2.59. The van der Waals surface area contributed by atoms with Gasteiger partial charge in [-0.1, -0.05) is 138 Å². The SMILES string of the molecule is CC/C=C\C/C=C\C/C=C\C/C=C\C/C=C\C/C=C\CCC(=O)O[C@H](COC(=O)CCCCCCCCCCC)COP(=O)(O)OC[C@@H](O)CO. The minimum atomic E-state index is -4.63. The van der Waals surface area contributed by atoms with Gasteiger partial charge in [0.15, 0.2) is 6.10 Å². The van der Waals surface area contributed by atoms with Crippen LogP contribution in [0.2, 0.25) is 0 Å². The summed E-state index contributed by atoms with van der Waals surface area (Å²) in [6.45, 7) is 2.12. The fraction of sp³-hybridized carbons (Fsp3) is 0.650. The molecule has 3 atom stereocenters. The molecule has 0 aliphatic rings. The summed E-state index contributed by atoms with van der Waals surface area (Å²) < 4.78 is 32.4. The maximum atomic E-state index is 12.5. The van der Waals surface area contributed by atoms with E-state index in [2.05, 4.69) is 79.1 Å². The fourth-order valence-electron chi connectivity index (χ4n) is 4.49. The Balaban J connectivity index is 4.50. The van der Waals surface area contributed by atoms with Crippen LogP contribution in [0.25, 0.3) is 0 Å². The summed E-state index contributed by atoms with van der Waals surface area (Å²) in [5.41, 5.74) is 0. The molecule has 0 aliphatic carbocycles. The molecule has 0 saturated carbocycles. The smallest absolute Gasteiger partial charge is 0.462 e. The fourth-order valence-corrected chi connectivity index (χ4v) is 5.28. The molecule has 0 aromatic heterocycles. The summed E-state index contributed by atoms with van der Waals surface area (Å²) >= 11 is 0. The van der Waals surface area contributed by atoms with Crippen molar-refractivity contribution in [2.45, 2.75) is 142 Å². The Kier molecular flexibility index (Phi) is 34.0. The molecule has 0 aromatic rings. The minimum absolute atomic E-state index is 0.0566. The number of phosphoric ester groups is 1. The molecule has 10 nitrogen and oxygen atoms in total. The quantitative estimate of drug-likeness (QED) is 0.0252. The molecule has 51 heavy (non-hydrogen) atoms. The molecule has 0 amide bonds. The molecule has 0 heterocycles. The number of esters is 2. The van der Waals surface area contributed by atoms with E-state index in [4.69, 9.17) is 19.1 Å². The van der Waals surface area contributed by atoms with Gasteiger partial charge in [0.25, 0.3) is 0 Å². The van der Waals surface area contributed by atoms with Gasteiger partial charge < -0.3 is 24.6 Å². The van der Waals surface area contributed by atoms with Crippen LogP contribution in [-0.4, -0.2) is 65.7 Å². The average molecular weight is 739 g/mol. The number of rotatable bonds is 34. The second-order valence-electron chi connectivity index (χ2n) is 12.2. The van der Waals surface area contributed by atoms with E-state index in [0.29, 0.717) is 12.8 Å². The Morgan fingerprint density at radius 2 is 1.08 bits per heavy atom. The molecular weight excluding hydrogens is 671 g/mol. The van der Waals surface area contributed by atoms with Crippen molar-refractivity contribution in [2.24, 2.45) is 0 Å². The number of allylic oxidation sites excluding steroid dienone is 12. The number of phosphoric acid groups is 1. The molecule has 292 valence electrons. The topological polar surface area (TPSA) is 149 Å². The molecule has 0 bridgehead atoms. The summed E-state index contributed by atoms with van der Waals surface area (Å²) in [5, 5.41) is 18.2. The summed E-state index contributed by atoms with van der Waals surface area (Å²) in [7, 11) is -4.63. The maximum absolute atomic E-state index is 12.5. The monoisotopic (exact) mass is 738 g/mol. The third-order valence-electron chi connectivity index (χ3n) is 7.39. The number of carbonyl (C=O) groups excluding carboxylic acids is 2. The van der Waals surface area contributed by atoms with Crippen LogP contribution in [0.1, 0.15) is 129 Å². The van der Waals surface area contributed by atoms with Gasteiger partial charge in [0, 0.05) is 12.8 Å². The molecule has 11 heteroatoms. The van der Waals surface area contributed by atoms with Crippen LogP contribution in [0.5, 0.6) is 0 Å². The molecule has 0 fully saturated rings. The van der Waals surface area contributed by atoms with Gasteiger partial charge in [-0.3, -0.25) is 18.6 Å². The van der Waals surface area contributed by atoms with Crippen LogP contribution in [0.3, 0.4) is 0 Å². The predicted octanol–water partition coefficient (Wildman–Crippen LogP) is 9.33. The molecule has 0 radical (unpaired) electrons. The minimum Gasteiger partial charge on any atom is -0.462 e. The number of hydrogen-bond donors (Lipinski definition) is 3. The molecule has 3 N–H and O–H groups in total. The molecule has 1 unspecified atom stereocenters. The normalized spacial score (nSPS) is 14.8. The van der Waals surface area contributed by atoms with Gasteiger partial charge in [0.05, 0.1) is 19.8 Å². The first kappa shape index (κ1) is 48.4. The molecule has 0 aromatic carbocycles. The summed E-state index contributed by atoms with van der Waals surface area (Å²) in [5.74, 6) is -1.03. The van der Waals surface area contributed by atoms with E-state index in [9.17, 15) is 24.2 Å². The van der Waals surface area contributed by atoms with Gasteiger partial charge in [-0.15, -0.1) is 0 Å². The molecule has 0 aliphatic heterocycles. The maximum Gasteiger partial charge on any atom is 0.472 e. The lowest BCUT2D eigenvalue weighted by atomic mass is 10.1. The third-order valence-corrected chi connectivity index (χ3v) is 8.34. The largest absolute Gasteiger partial charge is 0.472 e. The number of ether oxygens (including phenoxy) is 2. The molecule has 0 rings (SSSR count). The summed E-state index contributed by atoms with van der Waals surface area (Å²) in [6.07, 6.45) is 39.0. The first-order valence-electron chi connectivity index (χ1n) is 18.9. The van der Waals surface area contributed by atoms with Crippen LogP contribution in [0.15, 0.2) is 72.9 Å². The highest BCUT2D eigenvalue weighted by Gasteiger charge is 2.27. The van der Waals surface area contributed by atoms with Gasteiger partial charge in [0.1, 0.15) is 12.7 Å². The lowest BCUT2D eigenvalue weighted by Crippen LogP contribution is -2.29. The van der Waals surface area contributed by atoms with Gasteiger partial charge in [-0.05, 0) is 51.4 Å². The Morgan fingerprint density at radius 1 is 0.608 bits per heavy atom. The first-order valence-corrected chi connectivity index (χ1v) is 20.4. The standard InChI is InChI=1S/C40H67O10P/c1-3-5-7-9-11-13-14-15-16-17-18-19-20-21-22-24-26-28-30-32-40(44)50-38(36-49-51(45,46)48-34-37(42)33-41)35-47-39(43)31-29-27-25-23-12-10-8-6-4-2/h5,7,11,13,15-16,18-19,21-22,26,28,37-38,41-42H,3-4,6,8-10,12,14,17,20,23-25,27,29-36H2,1-2H3,(H,45,46)/b7-5-,13-11-,16-15-,19-18-,22-21-,28-26-/t37-,38+/m0/s1. The van der Waals surface area contributed by atoms with Gasteiger partial charge in [-0.2, -0.15) is 0 Å². The Bertz CT molecular complexity index is 1080. The van der Waals surface area contributed by atoms with Crippen molar-refractivity contribution in [1.82, 2.24) is 0 Å². The van der Waals surface area contributed by atoms with Gasteiger partial charge >= 0.3 is 19.8 Å². The van der Waals surface area contributed by atoms with E-state index in [1.54, 1.807) is 0 Å². The molecule has 0 spiro atoms. The van der Waals surface area contributed by atoms with Crippen molar-refractivity contribution in [3.63, 3.8) is 0 Å². The third kappa shape index (κ3) is 35.6. The van der Waals surface area contributed by atoms with E-state index < -0.39 is 51.8 Å². The number of carbonyl (C=O) groups is 2. The van der Waals surface area contributed by atoms with Gasteiger partial charge in [-0.25, -0.2) is 4.57 Å². The van der Waals surface area contributed by atoms with E-state index in [1.165, 1.54) is 32.1 Å². The van der Waals surface area contributed by atoms with Gasteiger partial charge in [0.2, 0.25) is 0 Å². The molecular formula is C40H67O10P. The van der Waals surface area contributed by atoms with Crippen molar-refractivity contribution >= 4 is 19.8 Å². The summed E-state index contributed by atoms with van der Waals surface area (Å²) in [4.78, 5) is 34.7. The van der Waals surface area contributed by atoms with E-state index in [1.807, 2.05) is 12.2 Å². The van der Waals surface area contributed by atoms with Crippen LogP contribution < -0.4 is 0 Å². The highest BCUT2D eigenvalue weighted by atomic mass is 31.2. The Morgan fingerprint density at radius 3 is 1.59 bits per heavy atom. The number of unbranched alkanes of at least 4 members (excludes halogenated alkanes) is 8. The summed E-state index contributed by atoms with van der Waals surface area (Å²) in [6, 6.07) is 0. The second-order valence-corrected chi connectivity index (χ2v) is 13.7. The number of aliphatic hydroxyl groups excluding tert-OH is 2. The van der Waals surface area contributed by atoms with E-state index in [-0.39, 0.29) is 19.4 Å². The lowest BCUT2D eigenvalue weighted by Gasteiger charge is -2.20. The van der Waals surface area contributed by atoms with E-state index >= 15 is 0 Å². The highest BCUT2D eigenvalue weighted by molar-refractivity contribution is 7.47. The zero-order chi connectivity index (χ0) is 37.7.